The molecule has 6 heteroatoms. The predicted molar refractivity (Wildman–Crippen MR) is 72.8 cm³/mol. The van der Waals surface area contributed by atoms with Crippen molar-refractivity contribution in [3.05, 3.63) is 24.3 Å². The van der Waals surface area contributed by atoms with Crippen molar-refractivity contribution in [1.29, 1.82) is 0 Å². The van der Waals surface area contributed by atoms with Gasteiger partial charge in [0, 0.05) is 30.8 Å². The maximum Gasteiger partial charge on any atom is 0.332 e. The Labute approximate surface area is 114 Å². The number of carboxylic acid groups (broad SMARTS) is 1. The van der Waals surface area contributed by atoms with E-state index in [0.29, 0.717) is 12.2 Å². The summed E-state index contributed by atoms with van der Waals surface area (Å²) in [4.78, 5) is 22.0. The van der Waals surface area contributed by atoms with Gasteiger partial charge in [-0.25, -0.2) is 9.59 Å². The van der Waals surface area contributed by atoms with E-state index < -0.39 is 5.97 Å². The SMILES string of the molecule is C=C(C)C(=O)O.C=C(C)C(=O)OC.OCCN1CC1. The van der Waals surface area contributed by atoms with Crippen LogP contribution in [0.5, 0.6) is 0 Å². The number of carbonyl (C=O) groups is 2. The average Bonchev–Trinajstić information content (AvgIpc) is 3.13. The van der Waals surface area contributed by atoms with Gasteiger partial charge in [0.15, 0.2) is 0 Å². The molecule has 0 amide bonds. The van der Waals surface area contributed by atoms with Crippen molar-refractivity contribution in [3.8, 4) is 0 Å². The number of rotatable bonds is 4. The first-order valence-electron chi connectivity index (χ1n) is 5.72. The predicted octanol–water partition coefficient (Wildman–Crippen LogP) is 0.677. The highest BCUT2D eigenvalue weighted by molar-refractivity contribution is 5.86. The molecule has 19 heavy (non-hydrogen) atoms. The van der Waals surface area contributed by atoms with Gasteiger partial charge >= 0.3 is 11.9 Å². The van der Waals surface area contributed by atoms with Gasteiger partial charge in [-0.2, -0.15) is 0 Å². The fourth-order valence-electron chi connectivity index (χ4n) is 0.610. The third-order valence-electron chi connectivity index (χ3n) is 1.86. The number of methoxy groups -OCH3 is 1. The van der Waals surface area contributed by atoms with Crippen molar-refractivity contribution < 1.29 is 24.5 Å². The van der Waals surface area contributed by atoms with Gasteiger partial charge in [0.2, 0.25) is 0 Å². The fourth-order valence-corrected chi connectivity index (χ4v) is 0.610. The summed E-state index contributed by atoms with van der Waals surface area (Å²) in [6.45, 7) is 13.1. The lowest BCUT2D eigenvalue weighted by Crippen LogP contribution is -2.02. The van der Waals surface area contributed by atoms with Gasteiger partial charge in [0.25, 0.3) is 0 Å². The highest BCUT2D eigenvalue weighted by Crippen LogP contribution is 1.99. The van der Waals surface area contributed by atoms with E-state index in [1.165, 1.54) is 27.1 Å². The summed E-state index contributed by atoms with van der Waals surface area (Å²) in [6.07, 6.45) is 0. The van der Waals surface area contributed by atoms with Crippen LogP contribution >= 0.6 is 0 Å². The third-order valence-corrected chi connectivity index (χ3v) is 1.86. The minimum atomic E-state index is -0.935. The number of esters is 1. The Hall–Kier alpha value is -1.66. The smallest absolute Gasteiger partial charge is 0.332 e. The van der Waals surface area contributed by atoms with E-state index in [4.69, 9.17) is 10.2 Å². The Balaban J connectivity index is 0. The van der Waals surface area contributed by atoms with Crippen LogP contribution in [0.1, 0.15) is 13.8 Å². The number of carbonyl (C=O) groups excluding carboxylic acids is 1. The first-order valence-corrected chi connectivity index (χ1v) is 5.72. The lowest BCUT2D eigenvalue weighted by Gasteiger charge is -1.91. The van der Waals surface area contributed by atoms with Crippen molar-refractivity contribution in [2.24, 2.45) is 0 Å². The maximum absolute atomic E-state index is 10.2. The van der Waals surface area contributed by atoms with Crippen LogP contribution in [-0.2, 0) is 14.3 Å². The fraction of sp³-hybridized carbons (Fsp3) is 0.538. The minimum absolute atomic E-state index is 0.176. The summed E-state index contributed by atoms with van der Waals surface area (Å²) in [5.74, 6) is -1.28. The lowest BCUT2D eigenvalue weighted by molar-refractivity contribution is -0.136. The zero-order valence-electron chi connectivity index (χ0n) is 11.8. The largest absolute Gasteiger partial charge is 0.478 e. The van der Waals surface area contributed by atoms with Gasteiger partial charge < -0.3 is 14.9 Å². The molecule has 0 bridgehead atoms. The molecular weight excluding hydrogens is 250 g/mol. The number of nitrogens with zero attached hydrogens (tertiary/aromatic N) is 1. The molecule has 0 aromatic rings. The summed E-state index contributed by atoms with van der Waals surface area (Å²) in [6, 6.07) is 0. The van der Waals surface area contributed by atoms with Crippen LogP contribution in [0.2, 0.25) is 0 Å². The highest BCUT2D eigenvalue weighted by atomic mass is 16.5. The van der Waals surface area contributed by atoms with Gasteiger partial charge in [0.1, 0.15) is 0 Å². The number of aliphatic carboxylic acids is 1. The molecule has 6 nitrogen and oxygen atoms in total. The molecule has 1 aliphatic heterocycles. The topological polar surface area (TPSA) is 86.8 Å². The van der Waals surface area contributed by atoms with Gasteiger partial charge in [-0.3, -0.25) is 4.90 Å². The molecule has 1 aliphatic rings. The summed E-state index contributed by atoms with van der Waals surface area (Å²) in [7, 11) is 1.33. The number of aliphatic hydroxyl groups excluding tert-OH is 1. The zero-order chi connectivity index (χ0) is 15.4. The second-order valence-corrected chi connectivity index (χ2v) is 3.92. The molecular formula is C13H23NO5. The molecule has 110 valence electrons. The quantitative estimate of drug-likeness (QED) is 0.445. The van der Waals surface area contributed by atoms with Gasteiger partial charge in [-0.1, -0.05) is 13.2 Å². The highest BCUT2D eigenvalue weighted by Gasteiger charge is 2.14. The average molecular weight is 273 g/mol. The van der Waals surface area contributed by atoms with Crippen LogP contribution in [0.3, 0.4) is 0 Å². The summed E-state index contributed by atoms with van der Waals surface area (Å²) < 4.78 is 4.27. The van der Waals surface area contributed by atoms with E-state index in [-0.39, 0.29) is 11.5 Å². The Kier molecular flexibility index (Phi) is 11.8. The van der Waals surface area contributed by atoms with Crippen LogP contribution in [0, 0.1) is 0 Å². The number of hydrogen-bond donors (Lipinski definition) is 2. The Morgan fingerprint density at radius 3 is 1.68 bits per heavy atom. The van der Waals surface area contributed by atoms with E-state index in [2.05, 4.69) is 22.8 Å². The summed E-state index contributed by atoms with van der Waals surface area (Å²) in [5, 5.41) is 16.1. The molecule has 1 rings (SSSR count). The zero-order valence-corrected chi connectivity index (χ0v) is 11.8. The molecule has 1 fully saturated rings. The normalized spacial score (nSPS) is 12.0. The molecule has 0 unspecified atom stereocenters. The van der Waals surface area contributed by atoms with Crippen molar-refractivity contribution in [2.45, 2.75) is 13.8 Å². The molecule has 2 N–H and O–H groups in total. The van der Waals surface area contributed by atoms with Crippen LogP contribution in [-0.4, -0.2) is 60.4 Å². The molecule has 1 heterocycles. The van der Waals surface area contributed by atoms with Crippen molar-refractivity contribution in [2.75, 3.05) is 33.4 Å². The number of aliphatic hydroxyl groups is 1. The standard InChI is InChI=1S/C5H8O2.C4H9NO.C4H6O2/c1-4(2)5(6)7-3;6-4-3-5-1-2-5;1-3(2)4(5)6/h1H2,2-3H3;6H,1-4H2;1H2,2H3,(H,5,6). The summed E-state index contributed by atoms with van der Waals surface area (Å²) in [5.41, 5.74) is 0.609. The molecule has 1 saturated heterocycles. The van der Waals surface area contributed by atoms with Crippen molar-refractivity contribution >= 4 is 11.9 Å². The lowest BCUT2D eigenvalue weighted by atomic mass is 10.4. The van der Waals surface area contributed by atoms with Crippen LogP contribution in [0.15, 0.2) is 24.3 Å². The molecule has 0 atom stereocenters. The van der Waals surface area contributed by atoms with E-state index in [9.17, 15) is 9.59 Å². The molecule has 0 aromatic heterocycles. The number of ether oxygens (including phenoxy) is 1. The number of β-amino-alcohol motifs (C(OH)–C–C–N with tert-alkyl or cyclic N) is 1. The van der Waals surface area contributed by atoms with E-state index >= 15 is 0 Å². The van der Waals surface area contributed by atoms with Gasteiger partial charge in [-0.15, -0.1) is 0 Å². The second kappa shape index (κ2) is 11.4. The van der Waals surface area contributed by atoms with Crippen LogP contribution < -0.4 is 0 Å². The molecule has 0 radical (unpaired) electrons. The molecule has 0 saturated carbocycles. The van der Waals surface area contributed by atoms with Gasteiger partial charge in [0.05, 0.1) is 13.7 Å². The Morgan fingerprint density at radius 1 is 1.21 bits per heavy atom. The minimum Gasteiger partial charge on any atom is -0.478 e. The molecule has 0 aliphatic carbocycles. The van der Waals surface area contributed by atoms with Gasteiger partial charge in [-0.05, 0) is 13.8 Å². The van der Waals surface area contributed by atoms with Crippen LogP contribution in [0.25, 0.3) is 0 Å². The Bertz CT molecular complexity index is 309. The van der Waals surface area contributed by atoms with Crippen molar-refractivity contribution in [1.82, 2.24) is 4.90 Å². The monoisotopic (exact) mass is 273 g/mol. The number of hydrogen-bond acceptors (Lipinski definition) is 5. The van der Waals surface area contributed by atoms with E-state index in [0.717, 1.165) is 6.54 Å². The van der Waals surface area contributed by atoms with Crippen molar-refractivity contribution in [3.63, 3.8) is 0 Å². The number of carboxylic acids is 1. The van der Waals surface area contributed by atoms with E-state index in [1.807, 2.05) is 0 Å². The van der Waals surface area contributed by atoms with E-state index in [1.54, 1.807) is 6.92 Å². The maximum atomic E-state index is 10.2. The Morgan fingerprint density at radius 2 is 1.63 bits per heavy atom. The van der Waals surface area contributed by atoms with Crippen LogP contribution in [0.4, 0.5) is 0 Å². The first kappa shape index (κ1) is 19.7. The third kappa shape index (κ3) is 16.3. The first-order chi connectivity index (χ1) is 8.76. The molecule has 0 spiro atoms. The summed E-state index contributed by atoms with van der Waals surface area (Å²) >= 11 is 0. The molecule has 0 aromatic carbocycles. The second-order valence-electron chi connectivity index (χ2n) is 3.92.